The van der Waals surface area contributed by atoms with E-state index in [0.29, 0.717) is 11.7 Å². The van der Waals surface area contributed by atoms with Crippen molar-refractivity contribution in [2.45, 2.75) is 18.8 Å². The molecule has 23 heavy (non-hydrogen) atoms. The van der Waals surface area contributed by atoms with Gasteiger partial charge in [-0.25, -0.2) is 4.39 Å². The molecule has 1 aliphatic rings. The molecule has 122 valence electrons. The van der Waals surface area contributed by atoms with Gasteiger partial charge in [-0.2, -0.15) is 5.10 Å². The van der Waals surface area contributed by atoms with Crippen LogP contribution in [0.3, 0.4) is 0 Å². The first-order chi connectivity index (χ1) is 11.2. The third-order valence-electron chi connectivity index (χ3n) is 3.82. The van der Waals surface area contributed by atoms with Gasteiger partial charge >= 0.3 is 0 Å². The number of benzene rings is 1. The Kier molecular flexibility index (Phi) is 4.87. The molecule has 2 heterocycles. The van der Waals surface area contributed by atoms with Crippen LogP contribution in [0.25, 0.3) is 0 Å². The number of nitrogens with zero attached hydrogens (tertiary/aromatic N) is 1. The molecule has 1 amide bonds. The standard InChI is InChI=1S/C16H19FN4O2/c17-12-1-3-13(4-2-12)23-8-6-15(22)20-14-10-19-21-16(14)11-5-7-18-9-11/h1-4,10-11,18H,5-9H2,(H,19,21)(H,20,22). The van der Waals surface area contributed by atoms with E-state index in [-0.39, 0.29) is 24.8 Å². The van der Waals surface area contributed by atoms with E-state index in [1.807, 2.05) is 0 Å². The summed E-state index contributed by atoms with van der Waals surface area (Å²) in [5.41, 5.74) is 1.69. The highest BCUT2D eigenvalue weighted by Gasteiger charge is 2.22. The molecule has 1 unspecified atom stereocenters. The molecule has 0 aliphatic carbocycles. The zero-order valence-electron chi connectivity index (χ0n) is 12.6. The highest BCUT2D eigenvalue weighted by molar-refractivity contribution is 5.91. The number of nitrogens with one attached hydrogen (secondary N) is 3. The van der Waals surface area contributed by atoms with E-state index in [1.54, 1.807) is 6.20 Å². The highest BCUT2D eigenvalue weighted by Crippen LogP contribution is 2.26. The first-order valence-electron chi connectivity index (χ1n) is 7.64. The van der Waals surface area contributed by atoms with E-state index >= 15 is 0 Å². The number of halogens is 1. The number of aromatic nitrogens is 2. The lowest BCUT2D eigenvalue weighted by atomic mass is 10.0. The van der Waals surface area contributed by atoms with E-state index in [1.165, 1.54) is 24.3 Å². The van der Waals surface area contributed by atoms with Crippen molar-refractivity contribution < 1.29 is 13.9 Å². The van der Waals surface area contributed by atoms with E-state index in [0.717, 1.165) is 30.9 Å². The second kappa shape index (κ2) is 7.23. The Bertz CT molecular complexity index is 650. The molecule has 0 spiro atoms. The Balaban J connectivity index is 1.48. The van der Waals surface area contributed by atoms with Crippen molar-refractivity contribution in [3.63, 3.8) is 0 Å². The summed E-state index contributed by atoms with van der Waals surface area (Å²) in [5, 5.41) is 13.1. The molecule has 1 aromatic carbocycles. The number of carbonyl (C=O) groups excluding carboxylic acids is 1. The largest absolute Gasteiger partial charge is 0.493 e. The average Bonchev–Trinajstić information content (AvgIpc) is 3.20. The lowest BCUT2D eigenvalue weighted by Crippen LogP contribution is -2.17. The molecule has 2 aromatic rings. The molecule has 6 nitrogen and oxygen atoms in total. The van der Waals surface area contributed by atoms with Crippen LogP contribution in [0, 0.1) is 5.82 Å². The minimum absolute atomic E-state index is 0.138. The molecule has 3 rings (SSSR count). The summed E-state index contributed by atoms with van der Waals surface area (Å²) in [5.74, 6) is 0.438. The fraction of sp³-hybridized carbons (Fsp3) is 0.375. The minimum Gasteiger partial charge on any atom is -0.493 e. The van der Waals surface area contributed by atoms with Crippen LogP contribution >= 0.6 is 0 Å². The summed E-state index contributed by atoms with van der Waals surface area (Å²) >= 11 is 0. The molecule has 1 fully saturated rings. The summed E-state index contributed by atoms with van der Waals surface area (Å²) in [6.07, 6.45) is 2.87. The van der Waals surface area contributed by atoms with E-state index < -0.39 is 0 Å². The summed E-state index contributed by atoms with van der Waals surface area (Å²) in [6, 6.07) is 5.72. The Morgan fingerprint density at radius 2 is 2.22 bits per heavy atom. The number of aromatic amines is 1. The van der Waals surface area contributed by atoms with Gasteiger partial charge in [-0.05, 0) is 37.2 Å². The molecule has 0 saturated carbocycles. The Hall–Kier alpha value is -2.41. The summed E-state index contributed by atoms with van der Waals surface area (Å²) in [7, 11) is 0. The van der Waals surface area contributed by atoms with Crippen LogP contribution in [-0.4, -0.2) is 35.8 Å². The summed E-state index contributed by atoms with van der Waals surface area (Å²) in [4.78, 5) is 12.0. The predicted octanol–water partition coefficient (Wildman–Crippen LogP) is 2.03. The molecular formula is C16H19FN4O2. The SMILES string of the molecule is O=C(CCOc1ccc(F)cc1)Nc1cn[nH]c1C1CCNC1. The quantitative estimate of drug-likeness (QED) is 0.761. The van der Waals surface area contributed by atoms with Gasteiger partial charge in [0.25, 0.3) is 0 Å². The van der Waals surface area contributed by atoms with Crippen molar-refractivity contribution in [3.05, 3.63) is 42.0 Å². The van der Waals surface area contributed by atoms with Crippen molar-refractivity contribution in [1.29, 1.82) is 0 Å². The van der Waals surface area contributed by atoms with E-state index in [9.17, 15) is 9.18 Å². The van der Waals surface area contributed by atoms with Crippen LogP contribution in [0.15, 0.2) is 30.5 Å². The van der Waals surface area contributed by atoms with E-state index in [2.05, 4.69) is 20.8 Å². The van der Waals surface area contributed by atoms with Gasteiger partial charge in [0.05, 0.1) is 30.6 Å². The first kappa shape index (κ1) is 15.5. The van der Waals surface area contributed by atoms with Crippen molar-refractivity contribution in [2.75, 3.05) is 25.0 Å². The lowest BCUT2D eigenvalue weighted by Gasteiger charge is -2.10. The number of amides is 1. The average molecular weight is 318 g/mol. The molecule has 7 heteroatoms. The van der Waals surface area contributed by atoms with Crippen molar-refractivity contribution in [3.8, 4) is 5.75 Å². The Morgan fingerprint density at radius 3 is 2.96 bits per heavy atom. The van der Waals surface area contributed by atoms with Gasteiger partial charge in [0.15, 0.2) is 0 Å². The number of ether oxygens (including phenoxy) is 1. The molecule has 3 N–H and O–H groups in total. The first-order valence-corrected chi connectivity index (χ1v) is 7.64. The zero-order chi connectivity index (χ0) is 16.1. The normalized spacial score (nSPS) is 17.2. The second-order valence-electron chi connectivity index (χ2n) is 5.49. The minimum atomic E-state index is -0.316. The van der Waals surface area contributed by atoms with Crippen molar-refractivity contribution in [2.24, 2.45) is 0 Å². The Labute approximate surface area is 133 Å². The predicted molar refractivity (Wildman–Crippen MR) is 84.0 cm³/mol. The summed E-state index contributed by atoms with van der Waals surface area (Å²) < 4.78 is 18.2. The van der Waals surface area contributed by atoms with Crippen LogP contribution in [0.4, 0.5) is 10.1 Å². The smallest absolute Gasteiger partial charge is 0.227 e. The molecule has 1 atom stereocenters. The Morgan fingerprint density at radius 1 is 1.39 bits per heavy atom. The van der Waals surface area contributed by atoms with Gasteiger partial charge in [0.1, 0.15) is 11.6 Å². The van der Waals surface area contributed by atoms with Gasteiger partial charge in [0, 0.05) is 12.5 Å². The molecule has 0 bridgehead atoms. The number of rotatable bonds is 6. The van der Waals surface area contributed by atoms with Crippen LogP contribution in [0.1, 0.15) is 24.5 Å². The topological polar surface area (TPSA) is 79.0 Å². The number of hydrogen-bond donors (Lipinski definition) is 3. The fourth-order valence-electron chi connectivity index (χ4n) is 2.61. The van der Waals surface area contributed by atoms with Crippen molar-refractivity contribution in [1.82, 2.24) is 15.5 Å². The number of carbonyl (C=O) groups is 1. The second-order valence-corrected chi connectivity index (χ2v) is 5.49. The molecular weight excluding hydrogens is 299 g/mol. The molecule has 1 aliphatic heterocycles. The zero-order valence-corrected chi connectivity index (χ0v) is 12.6. The van der Waals surface area contributed by atoms with Gasteiger partial charge < -0.3 is 15.4 Å². The number of H-pyrrole nitrogens is 1. The molecule has 1 aromatic heterocycles. The highest BCUT2D eigenvalue weighted by atomic mass is 19.1. The third-order valence-corrected chi connectivity index (χ3v) is 3.82. The fourth-order valence-corrected chi connectivity index (χ4v) is 2.61. The van der Waals surface area contributed by atoms with Crippen LogP contribution < -0.4 is 15.4 Å². The molecule has 1 saturated heterocycles. The summed E-state index contributed by atoms with van der Waals surface area (Å²) in [6.45, 7) is 2.09. The monoisotopic (exact) mass is 318 g/mol. The lowest BCUT2D eigenvalue weighted by molar-refractivity contribution is -0.116. The van der Waals surface area contributed by atoms with Gasteiger partial charge in [0.2, 0.25) is 5.91 Å². The maximum atomic E-state index is 12.8. The van der Waals surface area contributed by atoms with Gasteiger partial charge in [-0.3, -0.25) is 9.89 Å². The van der Waals surface area contributed by atoms with E-state index in [4.69, 9.17) is 4.74 Å². The van der Waals surface area contributed by atoms with Gasteiger partial charge in [-0.1, -0.05) is 0 Å². The third kappa shape index (κ3) is 4.07. The van der Waals surface area contributed by atoms with Crippen molar-refractivity contribution >= 4 is 11.6 Å². The maximum Gasteiger partial charge on any atom is 0.227 e. The number of hydrogen-bond acceptors (Lipinski definition) is 4. The molecule has 0 radical (unpaired) electrons. The van der Waals surface area contributed by atoms with Gasteiger partial charge in [-0.15, -0.1) is 0 Å². The van der Waals surface area contributed by atoms with Crippen LogP contribution in [0.5, 0.6) is 5.75 Å². The maximum absolute atomic E-state index is 12.8. The van der Waals surface area contributed by atoms with Crippen LogP contribution in [-0.2, 0) is 4.79 Å². The number of anilines is 1. The van der Waals surface area contributed by atoms with Crippen LogP contribution in [0.2, 0.25) is 0 Å².